The fourth-order valence-electron chi connectivity index (χ4n) is 1.63. The maximum atomic E-state index is 13.6. The van der Waals surface area contributed by atoms with Crippen molar-refractivity contribution in [3.05, 3.63) is 33.8 Å². The monoisotopic (exact) mass is 298 g/mol. The molecule has 0 aliphatic rings. The van der Waals surface area contributed by atoms with Gasteiger partial charge < -0.3 is 10.6 Å². The number of aromatic nitrogens is 2. The third kappa shape index (κ3) is 3.41. The van der Waals surface area contributed by atoms with Crippen LogP contribution in [0.1, 0.15) is 23.7 Å². The average molecular weight is 298 g/mol. The molecular formula is C13H16F2N4S. The first-order valence-electron chi connectivity index (χ1n) is 6.41. The molecule has 20 heavy (non-hydrogen) atoms. The van der Waals surface area contributed by atoms with Crippen molar-refractivity contribution in [2.24, 2.45) is 0 Å². The van der Waals surface area contributed by atoms with E-state index in [1.54, 1.807) is 17.5 Å². The van der Waals surface area contributed by atoms with Gasteiger partial charge in [0.1, 0.15) is 5.01 Å². The molecule has 0 radical (unpaired) electrons. The maximum Gasteiger partial charge on any atom is 0.168 e. The Kier molecular flexibility index (Phi) is 4.84. The van der Waals surface area contributed by atoms with Crippen LogP contribution >= 0.6 is 11.3 Å². The van der Waals surface area contributed by atoms with Crippen molar-refractivity contribution in [3.63, 3.8) is 0 Å². The number of aryl methyl sites for hydroxylation is 1. The van der Waals surface area contributed by atoms with E-state index in [2.05, 4.69) is 27.5 Å². The van der Waals surface area contributed by atoms with E-state index in [9.17, 15) is 8.78 Å². The molecule has 0 fully saturated rings. The number of pyridine rings is 1. The van der Waals surface area contributed by atoms with E-state index in [4.69, 9.17) is 0 Å². The van der Waals surface area contributed by atoms with E-state index in [1.165, 1.54) is 4.88 Å². The molecule has 2 aromatic rings. The van der Waals surface area contributed by atoms with Crippen LogP contribution in [0, 0.1) is 11.6 Å². The number of halogens is 2. The fourth-order valence-corrected chi connectivity index (χ4v) is 2.44. The van der Waals surface area contributed by atoms with E-state index < -0.39 is 11.6 Å². The van der Waals surface area contributed by atoms with Gasteiger partial charge in [-0.05, 0) is 13.3 Å². The number of nitrogens with zero attached hydrogens (tertiary/aromatic N) is 2. The van der Waals surface area contributed by atoms with Crippen LogP contribution in [-0.2, 0) is 13.0 Å². The van der Waals surface area contributed by atoms with Gasteiger partial charge in [-0.15, -0.1) is 11.3 Å². The van der Waals surface area contributed by atoms with Gasteiger partial charge in [0.25, 0.3) is 0 Å². The highest BCUT2D eigenvalue weighted by Crippen LogP contribution is 2.20. The van der Waals surface area contributed by atoms with Crippen LogP contribution in [0.5, 0.6) is 0 Å². The number of hydrogen-bond donors (Lipinski definition) is 2. The molecule has 0 aliphatic carbocycles. The van der Waals surface area contributed by atoms with Gasteiger partial charge in [-0.2, -0.15) is 0 Å². The van der Waals surface area contributed by atoms with Crippen molar-refractivity contribution in [2.75, 3.05) is 17.2 Å². The molecule has 2 rings (SSSR count). The Hall–Kier alpha value is -1.76. The molecular weight excluding hydrogens is 282 g/mol. The van der Waals surface area contributed by atoms with Crippen LogP contribution in [0.2, 0.25) is 0 Å². The van der Waals surface area contributed by atoms with E-state index in [0.29, 0.717) is 13.1 Å². The number of thiazole rings is 1. The maximum absolute atomic E-state index is 13.6. The Morgan fingerprint density at radius 1 is 1.15 bits per heavy atom. The molecule has 0 amide bonds. The second kappa shape index (κ2) is 6.60. The standard InChI is InChI=1S/C13H16F2N4S/c1-3-8-6-17-11(20-8)7-18-13-10(15)5-9(14)12(19-13)16-4-2/h5-6H,3-4,7H2,1-2H3,(H2,16,18,19). The number of anilines is 2. The summed E-state index contributed by atoms with van der Waals surface area (Å²) in [5, 5.41) is 6.44. The Morgan fingerprint density at radius 2 is 1.85 bits per heavy atom. The first-order chi connectivity index (χ1) is 9.63. The van der Waals surface area contributed by atoms with Gasteiger partial charge in [0.2, 0.25) is 0 Å². The second-order valence-electron chi connectivity index (χ2n) is 4.11. The lowest BCUT2D eigenvalue weighted by molar-refractivity contribution is 0.578. The van der Waals surface area contributed by atoms with Crippen LogP contribution in [0.25, 0.3) is 0 Å². The predicted molar refractivity (Wildman–Crippen MR) is 77.1 cm³/mol. The van der Waals surface area contributed by atoms with Gasteiger partial charge in [-0.3, -0.25) is 0 Å². The van der Waals surface area contributed by atoms with Crippen LogP contribution in [0.3, 0.4) is 0 Å². The molecule has 0 aliphatic heterocycles. The predicted octanol–water partition coefficient (Wildman–Crippen LogP) is 3.42. The number of nitrogens with one attached hydrogen (secondary N) is 2. The van der Waals surface area contributed by atoms with Gasteiger partial charge >= 0.3 is 0 Å². The first-order valence-corrected chi connectivity index (χ1v) is 7.23. The zero-order valence-corrected chi connectivity index (χ0v) is 12.2. The minimum absolute atomic E-state index is 0.0237. The summed E-state index contributed by atoms with van der Waals surface area (Å²) in [7, 11) is 0. The van der Waals surface area contributed by atoms with Crippen molar-refractivity contribution < 1.29 is 8.78 Å². The van der Waals surface area contributed by atoms with Crippen LogP contribution in [0.4, 0.5) is 20.4 Å². The molecule has 0 spiro atoms. The van der Waals surface area contributed by atoms with Gasteiger partial charge in [0.05, 0.1) is 6.54 Å². The van der Waals surface area contributed by atoms with E-state index in [1.807, 2.05) is 6.92 Å². The minimum Gasteiger partial charge on any atom is -0.368 e. The average Bonchev–Trinajstić information content (AvgIpc) is 2.88. The molecule has 2 aromatic heterocycles. The Morgan fingerprint density at radius 3 is 2.45 bits per heavy atom. The van der Waals surface area contributed by atoms with E-state index in [0.717, 1.165) is 17.5 Å². The van der Waals surface area contributed by atoms with Gasteiger partial charge in [-0.25, -0.2) is 18.7 Å². The Balaban J connectivity index is 2.10. The molecule has 0 unspecified atom stereocenters. The second-order valence-corrected chi connectivity index (χ2v) is 5.31. The first kappa shape index (κ1) is 14.6. The zero-order valence-electron chi connectivity index (χ0n) is 11.3. The van der Waals surface area contributed by atoms with E-state index >= 15 is 0 Å². The molecule has 0 saturated carbocycles. The van der Waals surface area contributed by atoms with Gasteiger partial charge in [0, 0.05) is 23.7 Å². The lowest BCUT2D eigenvalue weighted by atomic mass is 10.4. The minimum atomic E-state index is -0.712. The fraction of sp³-hybridized carbons (Fsp3) is 0.385. The quantitative estimate of drug-likeness (QED) is 0.858. The van der Waals surface area contributed by atoms with Crippen LogP contribution < -0.4 is 10.6 Å². The lowest BCUT2D eigenvalue weighted by Gasteiger charge is -2.09. The van der Waals surface area contributed by atoms with Gasteiger partial charge in [0.15, 0.2) is 23.3 Å². The smallest absolute Gasteiger partial charge is 0.168 e. The van der Waals surface area contributed by atoms with Crippen molar-refractivity contribution in [3.8, 4) is 0 Å². The molecule has 0 bridgehead atoms. The van der Waals surface area contributed by atoms with Crippen molar-refractivity contribution >= 4 is 23.0 Å². The van der Waals surface area contributed by atoms with Crippen molar-refractivity contribution in [1.29, 1.82) is 0 Å². The SMILES string of the molecule is CCNc1nc(NCc2ncc(CC)s2)c(F)cc1F. The van der Waals surface area contributed by atoms with Gasteiger partial charge in [-0.1, -0.05) is 6.92 Å². The molecule has 108 valence electrons. The Bertz CT molecular complexity index is 586. The largest absolute Gasteiger partial charge is 0.368 e. The number of hydrogen-bond acceptors (Lipinski definition) is 5. The third-order valence-corrected chi connectivity index (χ3v) is 3.77. The highest BCUT2D eigenvalue weighted by molar-refractivity contribution is 7.11. The molecule has 2 heterocycles. The summed E-state index contributed by atoms with van der Waals surface area (Å²) in [4.78, 5) is 9.30. The molecule has 0 saturated heterocycles. The third-order valence-electron chi connectivity index (χ3n) is 2.63. The van der Waals surface area contributed by atoms with E-state index in [-0.39, 0.29) is 11.6 Å². The lowest BCUT2D eigenvalue weighted by Crippen LogP contribution is -2.08. The zero-order chi connectivity index (χ0) is 14.5. The van der Waals surface area contributed by atoms with Crippen molar-refractivity contribution in [1.82, 2.24) is 9.97 Å². The normalized spacial score (nSPS) is 10.6. The molecule has 0 atom stereocenters. The molecule has 4 nitrogen and oxygen atoms in total. The summed E-state index contributed by atoms with van der Waals surface area (Å²) in [6.45, 7) is 4.75. The summed E-state index contributed by atoms with van der Waals surface area (Å²) >= 11 is 1.56. The highest BCUT2D eigenvalue weighted by atomic mass is 32.1. The summed E-state index contributed by atoms with van der Waals surface area (Å²) in [6, 6.07) is 0.826. The van der Waals surface area contributed by atoms with Crippen molar-refractivity contribution in [2.45, 2.75) is 26.8 Å². The molecule has 7 heteroatoms. The molecule has 0 aromatic carbocycles. The number of rotatable bonds is 6. The Labute approximate surface area is 120 Å². The van der Waals surface area contributed by atoms with Crippen LogP contribution in [-0.4, -0.2) is 16.5 Å². The summed E-state index contributed by atoms with van der Waals surface area (Å²) in [5.41, 5.74) is 0. The summed E-state index contributed by atoms with van der Waals surface area (Å²) in [5.74, 6) is -1.34. The topological polar surface area (TPSA) is 49.8 Å². The summed E-state index contributed by atoms with van der Waals surface area (Å²) in [6.07, 6.45) is 2.73. The summed E-state index contributed by atoms with van der Waals surface area (Å²) < 4.78 is 27.1. The molecule has 2 N–H and O–H groups in total. The highest BCUT2D eigenvalue weighted by Gasteiger charge is 2.11. The van der Waals surface area contributed by atoms with Crippen LogP contribution in [0.15, 0.2) is 12.3 Å².